The lowest BCUT2D eigenvalue weighted by atomic mass is 9.79. The fraction of sp³-hybridized carbons (Fsp3) is 1.00. The summed E-state index contributed by atoms with van der Waals surface area (Å²) in [6.07, 6.45) is 10.3. The quantitative estimate of drug-likeness (QED) is 0.801. The first-order valence-electron chi connectivity index (χ1n) is 8.32. The van der Waals surface area contributed by atoms with E-state index in [4.69, 9.17) is 5.73 Å². The highest BCUT2D eigenvalue weighted by Crippen LogP contribution is 2.65. The average Bonchev–Trinajstić information content (AvgIpc) is 2.80. The Hall–Kier alpha value is -0.0800. The second kappa shape index (κ2) is 4.49. The van der Waals surface area contributed by atoms with Crippen LogP contribution in [0.2, 0.25) is 0 Å². The Labute approximate surface area is 111 Å². The van der Waals surface area contributed by atoms with Gasteiger partial charge in [0, 0.05) is 6.04 Å². The third-order valence-electron chi connectivity index (χ3n) is 6.72. The van der Waals surface area contributed by atoms with E-state index in [2.05, 4.69) is 5.32 Å². The van der Waals surface area contributed by atoms with Crippen LogP contribution >= 0.6 is 0 Å². The SMILES string of the molecule is NCC1CCCCC1CNC1C2C3CCC(C3)C12. The van der Waals surface area contributed by atoms with Crippen LogP contribution < -0.4 is 11.1 Å². The predicted molar refractivity (Wildman–Crippen MR) is 74.1 cm³/mol. The smallest absolute Gasteiger partial charge is 0.0136 e. The highest BCUT2D eigenvalue weighted by molar-refractivity contribution is 5.16. The summed E-state index contributed by atoms with van der Waals surface area (Å²) >= 11 is 0. The number of rotatable bonds is 4. The average molecular weight is 248 g/mol. The zero-order valence-corrected chi connectivity index (χ0v) is 11.5. The van der Waals surface area contributed by atoms with E-state index in [0.717, 1.165) is 48.1 Å². The van der Waals surface area contributed by atoms with Crippen LogP contribution in [0.15, 0.2) is 0 Å². The van der Waals surface area contributed by atoms with Crippen molar-refractivity contribution in [1.29, 1.82) is 0 Å². The van der Waals surface area contributed by atoms with Crippen molar-refractivity contribution in [1.82, 2.24) is 5.32 Å². The Bertz CT molecular complexity index is 300. The van der Waals surface area contributed by atoms with Gasteiger partial charge in [-0.1, -0.05) is 12.8 Å². The maximum Gasteiger partial charge on any atom is 0.0136 e. The van der Waals surface area contributed by atoms with Gasteiger partial charge in [-0.15, -0.1) is 0 Å². The Morgan fingerprint density at radius 1 is 0.889 bits per heavy atom. The molecule has 0 saturated heterocycles. The molecule has 6 atom stereocenters. The largest absolute Gasteiger partial charge is 0.330 e. The van der Waals surface area contributed by atoms with Gasteiger partial charge in [-0.2, -0.15) is 0 Å². The molecule has 0 heterocycles. The van der Waals surface area contributed by atoms with Crippen LogP contribution in [0.3, 0.4) is 0 Å². The summed E-state index contributed by atoms with van der Waals surface area (Å²) in [4.78, 5) is 0. The van der Waals surface area contributed by atoms with Gasteiger partial charge in [0.25, 0.3) is 0 Å². The number of fused-ring (bicyclic) bond motifs is 5. The van der Waals surface area contributed by atoms with Crippen molar-refractivity contribution >= 4 is 0 Å². The third kappa shape index (κ3) is 1.76. The van der Waals surface area contributed by atoms with Crippen molar-refractivity contribution in [2.24, 2.45) is 41.2 Å². The summed E-state index contributed by atoms with van der Waals surface area (Å²) < 4.78 is 0. The minimum atomic E-state index is 0.807. The lowest BCUT2D eigenvalue weighted by molar-refractivity contribution is 0.231. The fourth-order valence-electron chi connectivity index (χ4n) is 5.75. The second-order valence-corrected chi connectivity index (χ2v) is 7.46. The van der Waals surface area contributed by atoms with Crippen LogP contribution in [0, 0.1) is 35.5 Å². The Kier molecular flexibility index (Phi) is 2.92. The second-order valence-electron chi connectivity index (χ2n) is 7.46. The molecule has 4 fully saturated rings. The van der Waals surface area contributed by atoms with Crippen molar-refractivity contribution < 1.29 is 0 Å². The molecular formula is C16H28N2. The summed E-state index contributed by atoms with van der Waals surface area (Å²) in [6, 6.07) is 0.914. The molecule has 6 unspecified atom stereocenters. The van der Waals surface area contributed by atoms with Gasteiger partial charge < -0.3 is 11.1 Å². The maximum atomic E-state index is 5.93. The molecule has 0 aromatic heterocycles. The molecule has 0 aromatic rings. The zero-order valence-electron chi connectivity index (χ0n) is 11.5. The van der Waals surface area contributed by atoms with Gasteiger partial charge in [-0.3, -0.25) is 0 Å². The number of nitrogens with one attached hydrogen (secondary N) is 1. The van der Waals surface area contributed by atoms with Crippen LogP contribution in [0.1, 0.15) is 44.9 Å². The first-order chi connectivity index (χ1) is 8.88. The minimum absolute atomic E-state index is 0.807. The lowest BCUT2D eigenvalue weighted by Crippen LogP contribution is -2.36. The van der Waals surface area contributed by atoms with Crippen LogP contribution in [0.4, 0.5) is 0 Å². The van der Waals surface area contributed by atoms with E-state index in [-0.39, 0.29) is 0 Å². The molecule has 2 heteroatoms. The van der Waals surface area contributed by atoms with Crippen LogP contribution in [-0.4, -0.2) is 19.1 Å². The van der Waals surface area contributed by atoms with E-state index in [0.29, 0.717) is 0 Å². The summed E-state index contributed by atoms with van der Waals surface area (Å²) in [6.45, 7) is 2.17. The Balaban J connectivity index is 1.29. The third-order valence-corrected chi connectivity index (χ3v) is 6.72. The van der Waals surface area contributed by atoms with Gasteiger partial charge in [0.05, 0.1) is 0 Å². The molecule has 4 saturated carbocycles. The maximum absolute atomic E-state index is 5.93. The Morgan fingerprint density at radius 2 is 1.56 bits per heavy atom. The van der Waals surface area contributed by atoms with E-state index in [1.807, 2.05) is 0 Å². The van der Waals surface area contributed by atoms with Gasteiger partial charge in [-0.05, 0) is 80.7 Å². The molecule has 4 aliphatic rings. The highest BCUT2D eigenvalue weighted by Gasteiger charge is 2.64. The molecule has 0 aliphatic heterocycles. The molecule has 102 valence electrons. The van der Waals surface area contributed by atoms with E-state index >= 15 is 0 Å². The summed E-state index contributed by atoms with van der Waals surface area (Å²) in [7, 11) is 0. The molecule has 3 N–H and O–H groups in total. The molecule has 4 aliphatic carbocycles. The van der Waals surface area contributed by atoms with Crippen molar-refractivity contribution in [2.75, 3.05) is 13.1 Å². The molecule has 0 spiro atoms. The first-order valence-corrected chi connectivity index (χ1v) is 8.32. The van der Waals surface area contributed by atoms with Crippen molar-refractivity contribution in [3.05, 3.63) is 0 Å². The van der Waals surface area contributed by atoms with Gasteiger partial charge >= 0.3 is 0 Å². The van der Waals surface area contributed by atoms with Crippen LogP contribution in [-0.2, 0) is 0 Å². The van der Waals surface area contributed by atoms with E-state index < -0.39 is 0 Å². The number of hydrogen-bond acceptors (Lipinski definition) is 2. The summed E-state index contributed by atoms with van der Waals surface area (Å²) in [5, 5.41) is 3.94. The summed E-state index contributed by atoms with van der Waals surface area (Å²) in [5.41, 5.74) is 5.93. The van der Waals surface area contributed by atoms with Crippen LogP contribution in [0.5, 0.6) is 0 Å². The van der Waals surface area contributed by atoms with E-state index in [9.17, 15) is 0 Å². The normalized spacial score (nSPS) is 53.5. The van der Waals surface area contributed by atoms with Crippen molar-refractivity contribution in [2.45, 2.75) is 51.0 Å². The molecule has 2 nitrogen and oxygen atoms in total. The fourth-order valence-corrected chi connectivity index (χ4v) is 5.75. The molecule has 4 rings (SSSR count). The van der Waals surface area contributed by atoms with Crippen molar-refractivity contribution in [3.63, 3.8) is 0 Å². The molecule has 0 aromatic carbocycles. The topological polar surface area (TPSA) is 38.0 Å². The molecular weight excluding hydrogens is 220 g/mol. The number of nitrogens with two attached hydrogens (primary N) is 1. The highest BCUT2D eigenvalue weighted by atomic mass is 15.0. The zero-order chi connectivity index (χ0) is 12.1. The monoisotopic (exact) mass is 248 g/mol. The van der Waals surface area contributed by atoms with Gasteiger partial charge in [0.1, 0.15) is 0 Å². The number of hydrogen-bond donors (Lipinski definition) is 2. The van der Waals surface area contributed by atoms with Crippen LogP contribution in [0.25, 0.3) is 0 Å². The lowest BCUT2D eigenvalue weighted by Gasteiger charge is -2.31. The van der Waals surface area contributed by atoms with Gasteiger partial charge in [0.15, 0.2) is 0 Å². The molecule has 18 heavy (non-hydrogen) atoms. The molecule has 0 amide bonds. The molecule has 2 bridgehead atoms. The minimum Gasteiger partial charge on any atom is -0.330 e. The predicted octanol–water partition coefficient (Wildman–Crippen LogP) is 2.39. The Morgan fingerprint density at radius 3 is 2.22 bits per heavy atom. The molecule has 0 radical (unpaired) electrons. The van der Waals surface area contributed by atoms with E-state index in [1.165, 1.54) is 32.2 Å². The van der Waals surface area contributed by atoms with Gasteiger partial charge in [-0.25, -0.2) is 0 Å². The first kappa shape index (κ1) is 11.7. The van der Waals surface area contributed by atoms with E-state index in [1.54, 1.807) is 19.3 Å². The standard InChI is InChI=1S/C16H28N2/c17-8-12-3-1-2-4-13(12)9-18-16-14-10-5-6-11(7-10)15(14)16/h10-16,18H,1-9,17H2. The van der Waals surface area contributed by atoms with Gasteiger partial charge in [0.2, 0.25) is 0 Å². The van der Waals surface area contributed by atoms with Crippen molar-refractivity contribution in [3.8, 4) is 0 Å². The summed E-state index contributed by atoms with van der Waals surface area (Å²) in [5.74, 6) is 6.07.